The summed E-state index contributed by atoms with van der Waals surface area (Å²) in [5, 5.41) is 0. The maximum absolute atomic E-state index is 12.1. The van der Waals surface area contributed by atoms with Gasteiger partial charge in [-0.05, 0) is 56.2 Å². The molecule has 0 spiro atoms. The molecule has 0 aliphatic heterocycles. The van der Waals surface area contributed by atoms with Crippen molar-refractivity contribution in [1.82, 2.24) is 4.72 Å². The summed E-state index contributed by atoms with van der Waals surface area (Å²) in [5.41, 5.74) is 5.66. The van der Waals surface area contributed by atoms with Crippen molar-refractivity contribution in [1.29, 1.82) is 0 Å². The van der Waals surface area contributed by atoms with Crippen LogP contribution in [0.2, 0.25) is 0 Å². The van der Waals surface area contributed by atoms with Crippen LogP contribution >= 0.6 is 0 Å². The Morgan fingerprint density at radius 2 is 1.63 bits per heavy atom. The van der Waals surface area contributed by atoms with E-state index < -0.39 is 10.0 Å². The highest BCUT2D eigenvalue weighted by atomic mass is 32.2. The van der Waals surface area contributed by atoms with Gasteiger partial charge in [0, 0.05) is 6.54 Å². The molecule has 0 unspecified atom stereocenters. The third-order valence-corrected chi connectivity index (χ3v) is 5.35. The van der Waals surface area contributed by atoms with Crippen molar-refractivity contribution in [3.05, 3.63) is 30.3 Å². The molecule has 0 aromatic heterocycles. The van der Waals surface area contributed by atoms with Crippen LogP contribution in [0.4, 0.5) is 0 Å². The lowest BCUT2D eigenvalue weighted by Gasteiger charge is -2.27. The number of rotatable bonds is 5. The van der Waals surface area contributed by atoms with E-state index in [0.717, 1.165) is 32.2 Å². The summed E-state index contributed by atoms with van der Waals surface area (Å²) in [4.78, 5) is 0.339. The fraction of sp³-hybridized carbons (Fsp3) is 0.571. The molecule has 0 heterocycles. The molecular formula is C14H22N2O2S. The molecule has 1 aliphatic rings. The van der Waals surface area contributed by atoms with E-state index in [0.29, 0.717) is 23.3 Å². The van der Waals surface area contributed by atoms with Gasteiger partial charge in [0.1, 0.15) is 0 Å². The molecule has 1 aromatic carbocycles. The number of sulfonamides is 1. The van der Waals surface area contributed by atoms with Gasteiger partial charge in [0.05, 0.1) is 4.90 Å². The lowest BCUT2D eigenvalue weighted by molar-refractivity contribution is 0.280. The standard InChI is InChI=1S/C14H22N2O2S/c15-10-12-6-8-13(9-7-12)11-16-19(17,18)14-4-2-1-3-5-14/h1-5,12-13,16H,6-11,15H2/t12-,13-. The van der Waals surface area contributed by atoms with Gasteiger partial charge in [-0.25, -0.2) is 13.1 Å². The van der Waals surface area contributed by atoms with Gasteiger partial charge in [-0.1, -0.05) is 18.2 Å². The summed E-state index contributed by atoms with van der Waals surface area (Å²) in [6, 6.07) is 8.52. The van der Waals surface area contributed by atoms with E-state index in [1.807, 2.05) is 6.07 Å². The highest BCUT2D eigenvalue weighted by Crippen LogP contribution is 2.27. The predicted octanol–water partition coefficient (Wildman–Crippen LogP) is 1.73. The third-order valence-electron chi connectivity index (χ3n) is 3.92. The van der Waals surface area contributed by atoms with Crippen LogP contribution in [-0.2, 0) is 10.0 Å². The van der Waals surface area contributed by atoms with Crippen LogP contribution in [0.15, 0.2) is 35.2 Å². The van der Waals surface area contributed by atoms with Crippen LogP contribution < -0.4 is 10.5 Å². The fourth-order valence-electron chi connectivity index (χ4n) is 2.58. The minimum Gasteiger partial charge on any atom is -0.330 e. The Morgan fingerprint density at radius 1 is 1.05 bits per heavy atom. The second-order valence-corrected chi connectivity index (χ2v) is 7.05. The van der Waals surface area contributed by atoms with Gasteiger partial charge in [-0.15, -0.1) is 0 Å². The van der Waals surface area contributed by atoms with Gasteiger partial charge >= 0.3 is 0 Å². The highest BCUT2D eigenvalue weighted by molar-refractivity contribution is 7.89. The molecular weight excluding hydrogens is 260 g/mol. The molecule has 1 aliphatic carbocycles. The Bertz CT molecular complexity index is 479. The van der Waals surface area contributed by atoms with Gasteiger partial charge < -0.3 is 5.73 Å². The van der Waals surface area contributed by atoms with Gasteiger partial charge in [-0.2, -0.15) is 0 Å². The second-order valence-electron chi connectivity index (χ2n) is 5.29. The topological polar surface area (TPSA) is 72.2 Å². The third kappa shape index (κ3) is 4.03. The molecule has 0 saturated heterocycles. The van der Waals surface area contributed by atoms with E-state index in [-0.39, 0.29) is 0 Å². The summed E-state index contributed by atoms with van der Waals surface area (Å²) in [6.07, 6.45) is 4.38. The van der Waals surface area contributed by atoms with Crippen molar-refractivity contribution < 1.29 is 8.42 Å². The Labute approximate surface area is 115 Å². The number of nitrogens with one attached hydrogen (secondary N) is 1. The normalized spacial score (nSPS) is 24.3. The SMILES string of the molecule is NC[C@H]1CC[C@H](CNS(=O)(=O)c2ccccc2)CC1. The predicted molar refractivity (Wildman–Crippen MR) is 76.1 cm³/mol. The van der Waals surface area contributed by atoms with Gasteiger partial charge in [0.15, 0.2) is 0 Å². The lowest BCUT2D eigenvalue weighted by Crippen LogP contribution is -2.32. The van der Waals surface area contributed by atoms with Crippen molar-refractivity contribution in [2.75, 3.05) is 13.1 Å². The van der Waals surface area contributed by atoms with Crippen molar-refractivity contribution in [2.24, 2.45) is 17.6 Å². The number of nitrogens with two attached hydrogens (primary N) is 1. The molecule has 1 fully saturated rings. The molecule has 4 nitrogen and oxygen atoms in total. The number of hydrogen-bond acceptors (Lipinski definition) is 3. The van der Waals surface area contributed by atoms with Gasteiger partial charge in [0.25, 0.3) is 0 Å². The lowest BCUT2D eigenvalue weighted by atomic mass is 9.82. The number of benzene rings is 1. The van der Waals surface area contributed by atoms with Gasteiger partial charge in [-0.3, -0.25) is 0 Å². The molecule has 0 bridgehead atoms. The fourth-order valence-corrected chi connectivity index (χ4v) is 3.72. The van der Waals surface area contributed by atoms with Crippen molar-refractivity contribution in [2.45, 2.75) is 30.6 Å². The molecule has 1 aromatic rings. The molecule has 0 atom stereocenters. The molecule has 106 valence electrons. The molecule has 19 heavy (non-hydrogen) atoms. The monoisotopic (exact) mass is 282 g/mol. The largest absolute Gasteiger partial charge is 0.330 e. The summed E-state index contributed by atoms with van der Waals surface area (Å²) in [7, 11) is -3.35. The Morgan fingerprint density at radius 3 is 2.21 bits per heavy atom. The van der Waals surface area contributed by atoms with Gasteiger partial charge in [0.2, 0.25) is 10.0 Å². The van der Waals surface area contributed by atoms with E-state index in [1.54, 1.807) is 24.3 Å². The Hall–Kier alpha value is -0.910. The first-order chi connectivity index (χ1) is 9.12. The van der Waals surface area contributed by atoms with Crippen LogP contribution in [-0.4, -0.2) is 21.5 Å². The maximum atomic E-state index is 12.1. The highest BCUT2D eigenvalue weighted by Gasteiger charge is 2.22. The summed E-state index contributed by atoms with van der Waals surface area (Å²) in [6.45, 7) is 1.29. The smallest absolute Gasteiger partial charge is 0.240 e. The summed E-state index contributed by atoms with van der Waals surface area (Å²) < 4.78 is 26.8. The zero-order valence-electron chi connectivity index (χ0n) is 11.1. The zero-order chi connectivity index (χ0) is 13.7. The molecule has 1 saturated carbocycles. The summed E-state index contributed by atoms with van der Waals surface area (Å²) >= 11 is 0. The number of hydrogen-bond donors (Lipinski definition) is 2. The van der Waals surface area contributed by atoms with Crippen LogP contribution in [0.1, 0.15) is 25.7 Å². The maximum Gasteiger partial charge on any atom is 0.240 e. The quantitative estimate of drug-likeness (QED) is 0.864. The van der Waals surface area contributed by atoms with E-state index in [2.05, 4.69) is 4.72 Å². The van der Waals surface area contributed by atoms with Crippen LogP contribution in [0.3, 0.4) is 0 Å². The second kappa shape index (κ2) is 6.50. The first-order valence-corrected chi connectivity index (χ1v) is 8.35. The van der Waals surface area contributed by atoms with Crippen LogP contribution in [0.25, 0.3) is 0 Å². The zero-order valence-corrected chi connectivity index (χ0v) is 11.9. The first-order valence-electron chi connectivity index (χ1n) is 6.86. The van der Waals surface area contributed by atoms with Crippen molar-refractivity contribution in [3.8, 4) is 0 Å². The van der Waals surface area contributed by atoms with E-state index in [1.165, 1.54) is 0 Å². The molecule has 3 N–H and O–H groups in total. The molecule has 0 radical (unpaired) electrons. The molecule has 5 heteroatoms. The van der Waals surface area contributed by atoms with E-state index in [4.69, 9.17) is 5.73 Å². The molecule has 0 amide bonds. The Balaban J connectivity index is 1.86. The van der Waals surface area contributed by atoms with E-state index >= 15 is 0 Å². The van der Waals surface area contributed by atoms with Crippen molar-refractivity contribution in [3.63, 3.8) is 0 Å². The Kier molecular flexibility index (Phi) is 4.96. The van der Waals surface area contributed by atoms with Crippen molar-refractivity contribution >= 4 is 10.0 Å². The van der Waals surface area contributed by atoms with Crippen LogP contribution in [0, 0.1) is 11.8 Å². The van der Waals surface area contributed by atoms with Crippen LogP contribution in [0.5, 0.6) is 0 Å². The average Bonchev–Trinajstić information content (AvgIpc) is 2.47. The minimum absolute atomic E-state index is 0.339. The van der Waals surface area contributed by atoms with E-state index in [9.17, 15) is 8.42 Å². The first kappa shape index (κ1) is 14.5. The molecule has 2 rings (SSSR count). The average molecular weight is 282 g/mol. The minimum atomic E-state index is -3.35. The summed E-state index contributed by atoms with van der Waals surface area (Å²) in [5.74, 6) is 1.07.